The quantitative estimate of drug-likeness (QED) is 0.295. The van der Waals surface area contributed by atoms with Crippen molar-refractivity contribution in [3.05, 3.63) is 76.1 Å². The number of hydrogen-bond acceptors (Lipinski definition) is 3. The summed E-state index contributed by atoms with van der Waals surface area (Å²) in [7, 11) is 1.18. The van der Waals surface area contributed by atoms with Crippen molar-refractivity contribution in [1.82, 2.24) is 15.1 Å². The SMILES string of the molecule is C=CC(C)CNC(=O)c1c(Cc2ccc(Cl)cc2)nn(C)c1C(F)(F)F.CC.CC/C=C(\C)C(=O)O. The van der Waals surface area contributed by atoms with Crippen LogP contribution in [0.4, 0.5) is 13.2 Å². The maximum absolute atomic E-state index is 13.5. The Morgan fingerprint density at radius 1 is 1.25 bits per heavy atom. The number of aliphatic carboxylic acids is 1. The van der Waals surface area contributed by atoms with Crippen molar-refractivity contribution in [3.63, 3.8) is 0 Å². The van der Waals surface area contributed by atoms with Crippen LogP contribution in [0.2, 0.25) is 5.02 Å². The standard InChI is InChI=1S/C18H19ClF3N3O.C6H10O2.C2H6/c1-4-11(2)10-23-17(26)15-14(9-12-5-7-13(19)8-6-12)24-25(3)16(15)18(20,21)22;1-3-4-5(2)6(7)8;1-2/h4-8,11H,1,9-10H2,2-3H3,(H,23,26);4H,3H2,1-2H3,(H,7,8);1-2H3/b;5-4+;. The summed E-state index contributed by atoms with van der Waals surface area (Å²) in [4.78, 5) is 22.5. The van der Waals surface area contributed by atoms with Gasteiger partial charge in [-0.2, -0.15) is 18.3 Å². The molecule has 0 aliphatic heterocycles. The molecule has 1 aromatic heterocycles. The van der Waals surface area contributed by atoms with E-state index in [-0.39, 0.29) is 24.6 Å². The van der Waals surface area contributed by atoms with E-state index in [0.29, 0.717) is 20.8 Å². The fraction of sp³-hybridized carbons (Fsp3) is 0.423. The summed E-state index contributed by atoms with van der Waals surface area (Å²) in [5.41, 5.74) is -0.329. The predicted octanol–water partition coefficient (Wildman–Crippen LogP) is 6.69. The molecule has 36 heavy (non-hydrogen) atoms. The first-order chi connectivity index (χ1) is 16.8. The Balaban J connectivity index is 0.00000104. The van der Waals surface area contributed by atoms with Crippen LogP contribution in [0.25, 0.3) is 0 Å². The van der Waals surface area contributed by atoms with Crippen molar-refractivity contribution in [2.45, 2.75) is 53.6 Å². The van der Waals surface area contributed by atoms with Crippen LogP contribution in [-0.2, 0) is 24.4 Å². The van der Waals surface area contributed by atoms with Crippen LogP contribution in [-0.4, -0.2) is 33.3 Å². The Morgan fingerprint density at radius 3 is 2.22 bits per heavy atom. The molecule has 0 saturated carbocycles. The van der Waals surface area contributed by atoms with Gasteiger partial charge in [0.1, 0.15) is 0 Å². The van der Waals surface area contributed by atoms with Gasteiger partial charge in [-0.15, -0.1) is 6.58 Å². The van der Waals surface area contributed by atoms with E-state index in [1.807, 2.05) is 20.8 Å². The predicted molar refractivity (Wildman–Crippen MR) is 137 cm³/mol. The molecule has 0 bridgehead atoms. The van der Waals surface area contributed by atoms with E-state index in [9.17, 15) is 22.8 Å². The first kappa shape index (κ1) is 32.9. The number of aromatic nitrogens is 2. The molecule has 1 aromatic carbocycles. The number of rotatable bonds is 8. The number of hydrogen-bond donors (Lipinski definition) is 2. The molecule has 1 atom stereocenters. The van der Waals surface area contributed by atoms with Crippen LogP contribution < -0.4 is 5.32 Å². The zero-order valence-corrected chi connectivity index (χ0v) is 22.3. The lowest BCUT2D eigenvalue weighted by atomic mass is 10.0. The van der Waals surface area contributed by atoms with Crippen LogP contribution >= 0.6 is 11.6 Å². The van der Waals surface area contributed by atoms with Gasteiger partial charge in [-0.25, -0.2) is 4.79 Å². The molecule has 0 aliphatic rings. The van der Waals surface area contributed by atoms with Crippen LogP contribution in [0.1, 0.15) is 68.3 Å². The minimum absolute atomic E-state index is 0.0610. The zero-order chi connectivity index (χ0) is 28.1. The molecule has 2 aromatic rings. The summed E-state index contributed by atoms with van der Waals surface area (Å²) >= 11 is 5.83. The lowest BCUT2D eigenvalue weighted by Crippen LogP contribution is -2.30. The van der Waals surface area contributed by atoms with E-state index in [4.69, 9.17) is 16.7 Å². The molecule has 0 aliphatic carbocycles. The van der Waals surface area contributed by atoms with Gasteiger partial charge in [0, 0.05) is 30.6 Å². The summed E-state index contributed by atoms with van der Waals surface area (Å²) in [6, 6.07) is 6.64. The van der Waals surface area contributed by atoms with Crippen molar-refractivity contribution in [2.75, 3.05) is 6.54 Å². The summed E-state index contributed by atoms with van der Waals surface area (Å²) in [6.07, 6.45) is -0.527. The first-order valence-corrected chi connectivity index (χ1v) is 11.9. The molecule has 1 heterocycles. The number of amides is 1. The summed E-state index contributed by atoms with van der Waals surface area (Å²) in [5.74, 6) is -1.69. The second-order valence-corrected chi connectivity index (χ2v) is 8.05. The van der Waals surface area contributed by atoms with Crippen molar-refractivity contribution >= 4 is 23.5 Å². The molecule has 0 radical (unpaired) electrons. The number of alkyl halides is 3. The molecule has 2 N–H and O–H groups in total. The smallest absolute Gasteiger partial charge is 0.433 e. The van der Waals surface area contributed by atoms with Gasteiger partial charge in [0.2, 0.25) is 0 Å². The maximum atomic E-state index is 13.5. The summed E-state index contributed by atoms with van der Waals surface area (Å²) in [6.45, 7) is 13.1. The Hall–Kier alpha value is -3.07. The van der Waals surface area contributed by atoms with Gasteiger partial charge in [-0.1, -0.05) is 63.6 Å². The largest absolute Gasteiger partial charge is 0.478 e. The molecule has 1 amide bonds. The Morgan fingerprint density at radius 2 is 1.81 bits per heavy atom. The second-order valence-electron chi connectivity index (χ2n) is 7.62. The number of carbonyl (C=O) groups excluding carboxylic acids is 1. The summed E-state index contributed by atoms with van der Waals surface area (Å²) < 4.78 is 41.1. The molecular formula is C26H35ClF3N3O3. The van der Waals surface area contributed by atoms with Crippen molar-refractivity contribution < 1.29 is 27.9 Å². The van der Waals surface area contributed by atoms with Crippen LogP contribution in [0.15, 0.2) is 48.6 Å². The number of halogens is 4. The Kier molecular flexibility index (Phi) is 14.5. The first-order valence-electron chi connectivity index (χ1n) is 11.5. The lowest BCUT2D eigenvalue weighted by molar-refractivity contribution is -0.144. The fourth-order valence-electron chi connectivity index (χ4n) is 2.88. The van der Waals surface area contributed by atoms with Crippen molar-refractivity contribution in [2.24, 2.45) is 13.0 Å². The van der Waals surface area contributed by atoms with Gasteiger partial charge in [-0.3, -0.25) is 9.48 Å². The lowest BCUT2D eigenvalue weighted by Gasteiger charge is -2.12. The van der Waals surface area contributed by atoms with Gasteiger partial charge in [0.15, 0.2) is 5.69 Å². The third-order valence-electron chi connectivity index (χ3n) is 4.73. The third kappa shape index (κ3) is 10.7. The molecule has 10 heteroatoms. The Bertz CT molecular complexity index is 1030. The third-order valence-corrected chi connectivity index (χ3v) is 4.99. The topological polar surface area (TPSA) is 84.2 Å². The van der Waals surface area contributed by atoms with E-state index in [0.717, 1.165) is 6.42 Å². The highest BCUT2D eigenvalue weighted by Crippen LogP contribution is 2.34. The normalized spacial score (nSPS) is 11.9. The van der Waals surface area contributed by atoms with Gasteiger partial charge in [-0.05, 0) is 37.0 Å². The van der Waals surface area contributed by atoms with Crippen LogP contribution in [0.3, 0.4) is 0 Å². The number of carbonyl (C=O) groups is 2. The van der Waals surface area contributed by atoms with E-state index in [1.165, 1.54) is 7.05 Å². The minimum Gasteiger partial charge on any atom is -0.478 e. The monoisotopic (exact) mass is 529 g/mol. The number of allylic oxidation sites excluding steroid dienone is 1. The fourth-order valence-corrected chi connectivity index (χ4v) is 3.01. The van der Waals surface area contributed by atoms with E-state index in [1.54, 1.807) is 50.3 Å². The molecule has 0 saturated heterocycles. The van der Waals surface area contributed by atoms with Crippen LogP contribution in [0.5, 0.6) is 0 Å². The summed E-state index contributed by atoms with van der Waals surface area (Å²) in [5, 5.41) is 15.2. The van der Waals surface area contributed by atoms with Gasteiger partial charge >= 0.3 is 12.1 Å². The molecule has 2 rings (SSSR count). The molecular weight excluding hydrogens is 495 g/mol. The number of nitrogens with one attached hydrogen (secondary N) is 1. The highest BCUT2D eigenvalue weighted by atomic mass is 35.5. The van der Waals surface area contributed by atoms with Gasteiger partial charge in [0.05, 0.1) is 11.3 Å². The van der Waals surface area contributed by atoms with E-state index >= 15 is 0 Å². The molecule has 0 spiro atoms. The molecule has 1 unspecified atom stereocenters. The van der Waals surface area contributed by atoms with Gasteiger partial charge < -0.3 is 10.4 Å². The number of carboxylic acids is 1. The second kappa shape index (κ2) is 15.8. The minimum atomic E-state index is -4.70. The van der Waals surface area contributed by atoms with Crippen molar-refractivity contribution in [3.8, 4) is 0 Å². The average Bonchev–Trinajstić information content (AvgIpc) is 3.16. The number of aryl methyl sites for hydroxylation is 1. The molecule has 6 nitrogen and oxygen atoms in total. The Labute approximate surface area is 215 Å². The number of carboxylic acid groups (broad SMARTS) is 1. The zero-order valence-electron chi connectivity index (χ0n) is 21.5. The number of nitrogens with zero attached hydrogens (tertiary/aromatic N) is 2. The highest BCUT2D eigenvalue weighted by molar-refractivity contribution is 6.30. The van der Waals surface area contributed by atoms with E-state index < -0.39 is 29.3 Å². The van der Waals surface area contributed by atoms with Crippen LogP contribution in [0, 0.1) is 5.92 Å². The average molecular weight is 530 g/mol. The maximum Gasteiger partial charge on any atom is 0.433 e. The number of benzene rings is 1. The molecule has 0 fully saturated rings. The van der Waals surface area contributed by atoms with E-state index in [2.05, 4.69) is 17.0 Å². The highest BCUT2D eigenvalue weighted by Gasteiger charge is 2.41. The van der Waals surface area contributed by atoms with Gasteiger partial charge in [0.25, 0.3) is 5.91 Å². The van der Waals surface area contributed by atoms with Crippen molar-refractivity contribution in [1.29, 1.82) is 0 Å². The molecule has 200 valence electrons.